The van der Waals surface area contributed by atoms with Crippen LogP contribution in [0.4, 0.5) is 23.7 Å². The summed E-state index contributed by atoms with van der Waals surface area (Å²) in [6.45, 7) is 2.03. The maximum absolute atomic E-state index is 12.6. The van der Waals surface area contributed by atoms with Gasteiger partial charge in [0.15, 0.2) is 0 Å². The van der Waals surface area contributed by atoms with Crippen molar-refractivity contribution < 1.29 is 22.8 Å². The minimum absolute atomic E-state index is 0.168. The molecule has 3 N–H and O–H groups in total. The third-order valence-corrected chi connectivity index (χ3v) is 4.33. The number of carbonyl (C=O) groups excluding carboxylic acids is 2. The molecule has 2 aromatic carbocycles. The van der Waals surface area contributed by atoms with E-state index in [0.29, 0.717) is 23.7 Å². The fraction of sp³-hybridized carbons (Fsp3) is 0.222. The van der Waals surface area contributed by atoms with E-state index in [1.54, 1.807) is 24.3 Å². The summed E-state index contributed by atoms with van der Waals surface area (Å²) in [4.78, 5) is 23.9. The molecule has 144 valence electrons. The van der Waals surface area contributed by atoms with Gasteiger partial charge in [0, 0.05) is 35.5 Å². The second-order valence-electron chi connectivity index (χ2n) is 5.51. The van der Waals surface area contributed by atoms with Crippen LogP contribution in [-0.2, 0) is 11.0 Å². The smallest absolute Gasteiger partial charge is 0.355 e. The van der Waals surface area contributed by atoms with Gasteiger partial charge >= 0.3 is 12.2 Å². The van der Waals surface area contributed by atoms with Crippen molar-refractivity contribution in [2.75, 3.05) is 18.4 Å². The van der Waals surface area contributed by atoms with E-state index in [4.69, 9.17) is 0 Å². The normalized spacial score (nSPS) is 11.0. The summed E-state index contributed by atoms with van der Waals surface area (Å²) in [6.07, 6.45) is -4.35. The van der Waals surface area contributed by atoms with Crippen LogP contribution < -0.4 is 16.0 Å². The number of halogens is 3. The lowest BCUT2D eigenvalue weighted by atomic mass is 10.2. The Labute approximate surface area is 158 Å². The first-order valence-electron chi connectivity index (χ1n) is 7.98. The molecule has 2 aromatic rings. The molecule has 0 saturated carbocycles. The van der Waals surface area contributed by atoms with Crippen molar-refractivity contribution in [3.63, 3.8) is 0 Å². The molecule has 0 aromatic heterocycles. The number of rotatable bonds is 6. The fourth-order valence-corrected chi connectivity index (χ4v) is 2.86. The summed E-state index contributed by atoms with van der Waals surface area (Å²) in [6, 6.07) is 11.4. The quantitative estimate of drug-likeness (QED) is 0.643. The van der Waals surface area contributed by atoms with E-state index in [0.717, 1.165) is 17.0 Å². The van der Waals surface area contributed by atoms with E-state index >= 15 is 0 Å². The highest BCUT2D eigenvalue weighted by molar-refractivity contribution is 7.99. The zero-order valence-corrected chi connectivity index (χ0v) is 15.2. The Morgan fingerprint density at radius 3 is 1.93 bits per heavy atom. The van der Waals surface area contributed by atoms with Crippen molar-refractivity contribution in [2.45, 2.75) is 22.9 Å². The van der Waals surface area contributed by atoms with Gasteiger partial charge in [0.1, 0.15) is 0 Å². The number of amides is 3. The van der Waals surface area contributed by atoms with Crippen molar-refractivity contribution in [3.8, 4) is 0 Å². The van der Waals surface area contributed by atoms with E-state index in [1.807, 2.05) is 0 Å². The van der Waals surface area contributed by atoms with Crippen molar-refractivity contribution in [1.29, 1.82) is 0 Å². The molecule has 2 rings (SSSR count). The Kier molecular flexibility index (Phi) is 7.12. The molecular weight excluding hydrogens is 379 g/mol. The topological polar surface area (TPSA) is 70.2 Å². The van der Waals surface area contributed by atoms with Crippen molar-refractivity contribution in [2.24, 2.45) is 0 Å². The van der Waals surface area contributed by atoms with Gasteiger partial charge in [0.05, 0.1) is 5.56 Å². The molecule has 0 aliphatic carbocycles. The lowest BCUT2D eigenvalue weighted by molar-refractivity contribution is -0.137. The van der Waals surface area contributed by atoms with Crippen molar-refractivity contribution in [3.05, 3.63) is 54.1 Å². The van der Waals surface area contributed by atoms with E-state index in [9.17, 15) is 22.8 Å². The number of anilines is 1. The van der Waals surface area contributed by atoms with E-state index in [-0.39, 0.29) is 5.91 Å². The van der Waals surface area contributed by atoms with Gasteiger partial charge in [0.25, 0.3) is 0 Å². The summed E-state index contributed by atoms with van der Waals surface area (Å²) in [7, 11) is 0. The predicted molar refractivity (Wildman–Crippen MR) is 97.7 cm³/mol. The Balaban J connectivity index is 1.84. The van der Waals surface area contributed by atoms with Gasteiger partial charge in [-0.1, -0.05) is 11.8 Å². The number of carbonyl (C=O) groups is 2. The molecule has 0 atom stereocenters. The van der Waals surface area contributed by atoms with Gasteiger partial charge < -0.3 is 16.0 Å². The van der Waals surface area contributed by atoms with Gasteiger partial charge in [0.2, 0.25) is 5.91 Å². The average molecular weight is 397 g/mol. The van der Waals surface area contributed by atoms with Gasteiger partial charge in [-0.2, -0.15) is 13.2 Å². The van der Waals surface area contributed by atoms with Crippen LogP contribution in [-0.4, -0.2) is 25.0 Å². The number of hydrogen-bond acceptors (Lipinski definition) is 3. The summed E-state index contributed by atoms with van der Waals surface area (Å²) in [5, 5.41) is 7.81. The highest BCUT2D eigenvalue weighted by Crippen LogP contribution is 2.33. The van der Waals surface area contributed by atoms with Gasteiger partial charge in [-0.05, 0) is 48.5 Å². The SMILES string of the molecule is CC(=O)NCCNC(=O)Nc1ccc(Sc2ccc(C(F)(F)F)cc2)cc1. The van der Waals surface area contributed by atoms with Gasteiger partial charge in [-0.15, -0.1) is 0 Å². The van der Waals surface area contributed by atoms with Crippen LogP contribution in [0.2, 0.25) is 0 Å². The van der Waals surface area contributed by atoms with Crippen molar-refractivity contribution >= 4 is 29.4 Å². The number of urea groups is 1. The molecule has 0 aliphatic rings. The molecule has 0 unspecified atom stereocenters. The number of alkyl halides is 3. The number of hydrogen-bond donors (Lipinski definition) is 3. The van der Waals surface area contributed by atoms with Gasteiger partial charge in [-0.3, -0.25) is 4.79 Å². The summed E-state index contributed by atoms with van der Waals surface area (Å²) in [5.41, 5.74) is -0.111. The maximum Gasteiger partial charge on any atom is 0.416 e. The first kappa shape index (κ1) is 20.6. The largest absolute Gasteiger partial charge is 0.416 e. The molecule has 0 radical (unpaired) electrons. The third kappa shape index (κ3) is 7.22. The second kappa shape index (κ2) is 9.31. The molecule has 0 heterocycles. The standard InChI is InChI=1S/C18H18F3N3O2S/c1-12(25)22-10-11-23-17(26)24-14-4-8-16(9-5-14)27-15-6-2-13(3-7-15)18(19,20)21/h2-9H,10-11H2,1H3,(H,22,25)(H2,23,24,26). The van der Waals surface area contributed by atoms with Crippen LogP contribution in [0.15, 0.2) is 58.3 Å². The van der Waals surface area contributed by atoms with Crippen LogP contribution in [0.3, 0.4) is 0 Å². The van der Waals surface area contributed by atoms with Crippen molar-refractivity contribution in [1.82, 2.24) is 10.6 Å². The monoisotopic (exact) mass is 397 g/mol. The Hall–Kier alpha value is -2.68. The molecule has 9 heteroatoms. The van der Waals surface area contributed by atoms with E-state index < -0.39 is 17.8 Å². The molecule has 5 nitrogen and oxygen atoms in total. The van der Waals surface area contributed by atoms with Crippen LogP contribution in [0.1, 0.15) is 12.5 Å². The summed E-state index contributed by atoms with van der Waals surface area (Å²) < 4.78 is 37.7. The molecule has 0 fully saturated rings. The highest BCUT2D eigenvalue weighted by Gasteiger charge is 2.29. The van der Waals surface area contributed by atoms with Crippen LogP contribution in [0.5, 0.6) is 0 Å². The fourth-order valence-electron chi connectivity index (χ4n) is 2.04. The Morgan fingerprint density at radius 2 is 1.41 bits per heavy atom. The van der Waals surface area contributed by atoms with Crippen LogP contribution in [0, 0.1) is 0 Å². The van der Waals surface area contributed by atoms with E-state index in [2.05, 4.69) is 16.0 Å². The molecule has 27 heavy (non-hydrogen) atoms. The Bertz CT molecular complexity index is 778. The molecule has 0 saturated heterocycles. The Morgan fingerprint density at radius 1 is 0.889 bits per heavy atom. The maximum atomic E-state index is 12.6. The first-order valence-corrected chi connectivity index (χ1v) is 8.80. The minimum atomic E-state index is -4.35. The first-order chi connectivity index (χ1) is 12.7. The second-order valence-corrected chi connectivity index (χ2v) is 6.66. The molecule has 3 amide bonds. The molecule has 0 bridgehead atoms. The zero-order valence-electron chi connectivity index (χ0n) is 14.4. The highest BCUT2D eigenvalue weighted by atomic mass is 32.2. The average Bonchev–Trinajstić information content (AvgIpc) is 2.60. The molecular formula is C18H18F3N3O2S. The molecule has 0 spiro atoms. The number of nitrogens with one attached hydrogen (secondary N) is 3. The summed E-state index contributed by atoms with van der Waals surface area (Å²) in [5.74, 6) is -0.168. The predicted octanol–water partition coefficient (Wildman–Crippen LogP) is 4.11. The third-order valence-electron chi connectivity index (χ3n) is 3.31. The minimum Gasteiger partial charge on any atom is -0.355 e. The molecule has 0 aliphatic heterocycles. The van der Waals surface area contributed by atoms with Gasteiger partial charge in [-0.25, -0.2) is 4.79 Å². The lowest BCUT2D eigenvalue weighted by Crippen LogP contribution is -2.36. The van der Waals surface area contributed by atoms with E-state index in [1.165, 1.54) is 30.8 Å². The van der Waals surface area contributed by atoms with Crippen LogP contribution >= 0.6 is 11.8 Å². The van der Waals surface area contributed by atoms with Crippen LogP contribution in [0.25, 0.3) is 0 Å². The number of benzene rings is 2. The zero-order chi connectivity index (χ0) is 19.9. The lowest BCUT2D eigenvalue weighted by Gasteiger charge is -2.09. The summed E-state index contributed by atoms with van der Waals surface area (Å²) >= 11 is 1.32.